The Morgan fingerprint density at radius 2 is 2.00 bits per heavy atom. The number of carbonyl (C=O) groups is 2. The number of hydrogen-bond donors (Lipinski definition) is 1. The number of pyridine rings is 1. The Morgan fingerprint density at radius 1 is 1.19 bits per heavy atom. The molecule has 0 saturated carbocycles. The van der Waals surface area contributed by atoms with Crippen LogP contribution in [0.2, 0.25) is 0 Å². The number of nitrogens with zero attached hydrogens (tertiary/aromatic N) is 2. The van der Waals surface area contributed by atoms with Crippen molar-refractivity contribution in [2.75, 3.05) is 11.4 Å². The lowest BCUT2D eigenvalue weighted by Crippen LogP contribution is -2.37. The van der Waals surface area contributed by atoms with E-state index in [2.05, 4.69) is 10.3 Å². The Hall–Kier alpha value is -2.69. The van der Waals surface area contributed by atoms with Crippen LogP contribution in [0.1, 0.15) is 16.8 Å². The number of nitrogens with one attached hydrogen (secondary N) is 1. The molecule has 2 amide bonds. The first-order chi connectivity index (χ1) is 10.2. The smallest absolute Gasteiger partial charge is 0.253 e. The number of rotatable bonds is 3. The van der Waals surface area contributed by atoms with E-state index in [4.69, 9.17) is 0 Å². The second-order valence-electron chi connectivity index (χ2n) is 4.96. The van der Waals surface area contributed by atoms with Gasteiger partial charge in [-0.25, -0.2) is 0 Å². The molecule has 1 saturated heterocycles. The molecule has 21 heavy (non-hydrogen) atoms. The van der Waals surface area contributed by atoms with Gasteiger partial charge in [-0.05, 0) is 24.3 Å². The third-order valence-electron chi connectivity index (χ3n) is 3.45. The lowest BCUT2D eigenvalue weighted by atomic mass is 10.2. The molecular formula is C16H15N3O2. The molecule has 1 aromatic heterocycles. The lowest BCUT2D eigenvalue weighted by Gasteiger charge is -2.17. The zero-order valence-corrected chi connectivity index (χ0v) is 11.4. The number of benzene rings is 1. The van der Waals surface area contributed by atoms with Crippen LogP contribution in [0.25, 0.3) is 0 Å². The van der Waals surface area contributed by atoms with Gasteiger partial charge < -0.3 is 10.2 Å². The first-order valence-electron chi connectivity index (χ1n) is 6.80. The minimum atomic E-state index is -0.198. The van der Waals surface area contributed by atoms with Gasteiger partial charge in [0.25, 0.3) is 5.91 Å². The summed E-state index contributed by atoms with van der Waals surface area (Å²) in [5, 5.41) is 2.88. The molecule has 2 heterocycles. The normalized spacial score (nSPS) is 17.8. The Kier molecular flexibility index (Phi) is 3.64. The molecular weight excluding hydrogens is 266 g/mol. The average Bonchev–Trinajstić information content (AvgIpc) is 2.89. The Labute approximate surface area is 122 Å². The van der Waals surface area contributed by atoms with Gasteiger partial charge in [0.15, 0.2) is 0 Å². The van der Waals surface area contributed by atoms with Gasteiger partial charge in [0.1, 0.15) is 0 Å². The highest BCUT2D eigenvalue weighted by Gasteiger charge is 2.31. The number of aromatic nitrogens is 1. The molecule has 1 aliphatic heterocycles. The number of amides is 2. The van der Waals surface area contributed by atoms with Gasteiger partial charge in [-0.15, -0.1) is 0 Å². The molecule has 0 aliphatic carbocycles. The maximum atomic E-state index is 12.1. The lowest BCUT2D eigenvalue weighted by molar-refractivity contribution is -0.117. The highest BCUT2D eigenvalue weighted by molar-refractivity contribution is 5.98. The number of anilines is 1. The van der Waals surface area contributed by atoms with E-state index in [1.54, 1.807) is 23.2 Å². The summed E-state index contributed by atoms with van der Waals surface area (Å²) in [5.74, 6) is -0.173. The second-order valence-corrected chi connectivity index (χ2v) is 4.96. The Balaban J connectivity index is 1.67. The third-order valence-corrected chi connectivity index (χ3v) is 3.45. The van der Waals surface area contributed by atoms with Crippen molar-refractivity contribution in [3.8, 4) is 0 Å². The molecule has 1 unspecified atom stereocenters. The monoisotopic (exact) mass is 281 g/mol. The molecule has 1 aliphatic rings. The van der Waals surface area contributed by atoms with E-state index >= 15 is 0 Å². The van der Waals surface area contributed by atoms with Crippen LogP contribution in [0, 0.1) is 0 Å². The zero-order chi connectivity index (χ0) is 14.7. The molecule has 1 aromatic carbocycles. The molecule has 1 N–H and O–H groups in total. The van der Waals surface area contributed by atoms with E-state index in [1.165, 1.54) is 6.20 Å². The second kappa shape index (κ2) is 5.75. The van der Waals surface area contributed by atoms with E-state index < -0.39 is 0 Å². The van der Waals surface area contributed by atoms with Crippen LogP contribution >= 0.6 is 0 Å². The number of hydrogen-bond acceptors (Lipinski definition) is 3. The molecule has 0 spiro atoms. The Morgan fingerprint density at radius 3 is 2.71 bits per heavy atom. The summed E-state index contributed by atoms with van der Waals surface area (Å²) < 4.78 is 0. The van der Waals surface area contributed by atoms with Crippen molar-refractivity contribution in [2.24, 2.45) is 0 Å². The molecule has 0 radical (unpaired) electrons. The van der Waals surface area contributed by atoms with Gasteiger partial charge in [-0.2, -0.15) is 0 Å². The number of para-hydroxylation sites is 1. The van der Waals surface area contributed by atoms with Crippen LogP contribution in [-0.2, 0) is 4.79 Å². The van der Waals surface area contributed by atoms with E-state index in [0.717, 1.165) is 5.69 Å². The zero-order valence-electron chi connectivity index (χ0n) is 11.4. The SMILES string of the molecule is O=C(NC1CC(=O)N(c2ccccc2)C1)c1cccnc1. The van der Waals surface area contributed by atoms with Crippen molar-refractivity contribution in [1.82, 2.24) is 10.3 Å². The van der Waals surface area contributed by atoms with Crippen molar-refractivity contribution in [2.45, 2.75) is 12.5 Å². The van der Waals surface area contributed by atoms with Crippen LogP contribution in [0.3, 0.4) is 0 Å². The van der Waals surface area contributed by atoms with Crippen molar-refractivity contribution in [3.05, 3.63) is 60.4 Å². The van der Waals surface area contributed by atoms with Crippen LogP contribution in [-0.4, -0.2) is 29.4 Å². The standard InChI is InChI=1S/C16H15N3O2/c20-15-9-13(11-19(15)14-6-2-1-3-7-14)18-16(21)12-5-4-8-17-10-12/h1-8,10,13H,9,11H2,(H,18,21). The van der Waals surface area contributed by atoms with Crippen LogP contribution in [0.4, 0.5) is 5.69 Å². The van der Waals surface area contributed by atoms with E-state index in [1.807, 2.05) is 30.3 Å². The predicted octanol–water partition coefficient (Wildman–Crippen LogP) is 1.62. The highest BCUT2D eigenvalue weighted by atomic mass is 16.2. The molecule has 0 bridgehead atoms. The summed E-state index contributed by atoms with van der Waals surface area (Å²) in [6.07, 6.45) is 3.45. The molecule has 1 atom stereocenters. The predicted molar refractivity (Wildman–Crippen MR) is 78.9 cm³/mol. The van der Waals surface area contributed by atoms with E-state index in [-0.39, 0.29) is 17.9 Å². The van der Waals surface area contributed by atoms with Crippen molar-refractivity contribution >= 4 is 17.5 Å². The molecule has 5 heteroatoms. The van der Waals surface area contributed by atoms with E-state index in [0.29, 0.717) is 18.5 Å². The first-order valence-corrected chi connectivity index (χ1v) is 6.80. The fourth-order valence-corrected chi connectivity index (χ4v) is 2.43. The van der Waals surface area contributed by atoms with Gasteiger partial charge in [0.2, 0.25) is 5.91 Å². The Bertz CT molecular complexity index is 643. The summed E-state index contributed by atoms with van der Waals surface area (Å²) in [7, 11) is 0. The molecule has 1 fully saturated rings. The number of carbonyl (C=O) groups excluding carboxylic acids is 2. The summed E-state index contributed by atoms with van der Waals surface area (Å²) >= 11 is 0. The first kappa shape index (κ1) is 13.3. The van der Waals surface area contributed by atoms with Crippen molar-refractivity contribution in [1.29, 1.82) is 0 Å². The fraction of sp³-hybridized carbons (Fsp3) is 0.188. The van der Waals surface area contributed by atoms with Crippen LogP contribution in [0.5, 0.6) is 0 Å². The molecule has 2 aromatic rings. The van der Waals surface area contributed by atoms with Gasteiger partial charge in [-0.3, -0.25) is 14.6 Å². The minimum Gasteiger partial charge on any atom is -0.347 e. The summed E-state index contributed by atoms with van der Waals surface area (Å²) in [4.78, 5) is 29.8. The quantitative estimate of drug-likeness (QED) is 0.930. The van der Waals surface area contributed by atoms with Crippen LogP contribution < -0.4 is 10.2 Å². The highest BCUT2D eigenvalue weighted by Crippen LogP contribution is 2.21. The van der Waals surface area contributed by atoms with Gasteiger partial charge in [0, 0.05) is 31.0 Å². The van der Waals surface area contributed by atoms with Gasteiger partial charge in [-0.1, -0.05) is 18.2 Å². The average molecular weight is 281 g/mol. The maximum absolute atomic E-state index is 12.1. The van der Waals surface area contributed by atoms with E-state index in [9.17, 15) is 9.59 Å². The third kappa shape index (κ3) is 2.91. The fourth-order valence-electron chi connectivity index (χ4n) is 2.43. The summed E-state index contributed by atoms with van der Waals surface area (Å²) in [6.45, 7) is 0.495. The van der Waals surface area contributed by atoms with Crippen molar-refractivity contribution in [3.63, 3.8) is 0 Å². The molecule has 5 nitrogen and oxygen atoms in total. The maximum Gasteiger partial charge on any atom is 0.253 e. The minimum absolute atomic E-state index is 0.0256. The summed E-state index contributed by atoms with van der Waals surface area (Å²) in [6, 6.07) is 12.7. The molecule has 106 valence electrons. The van der Waals surface area contributed by atoms with Gasteiger partial charge in [0.05, 0.1) is 11.6 Å². The van der Waals surface area contributed by atoms with Crippen LogP contribution in [0.15, 0.2) is 54.9 Å². The topological polar surface area (TPSA) is 62.3 Å². The van der Waals surface area contributed by atoms with Gasteiger partial charge >= 0.3 is 0 Å². The molecule has 3 rings (SSSR count). The summed E-state index contributed by atoms with van der Waals surface area (Å²) in [5.41, 5.74) is 1.36. The largest absolute Gasteiger partial charge is 0.347 e. The van der Waals surface area contributed by atoms with Crippen molar-refractivity contribution < 1.29 is 9.59 Å².